The van der Waals surface area contributed by atoms with Gasteiger partial charge in [0.15, 0.2) is 0 Å². The second-order valence-corrected chi connectivity index (χ2v) is 1.84. The van der Waals surface area contributed by atoms with E-state index in [2.05, 4.69) is 0 Å². The molecule has 1 rings (SSSR count). The summed E-state index contributed by atoms with van der Waals surface area (Å²) in [5.41, 5.74) is 1.17. The molecule has 0 aromatic heterocycles. The van der Waals surface area contributed by atoms with Crippen LogP contribution in [-0.4, -0.2) is 5.11 Å². The summed E-state index contributed by atoms with van der Waals surface area (Å²) in [5.74, 6) is 0.329. The lowest BCUT2D eigenvalue weighted by Crippen LogP contribution is -1.66. The molecule has 0 aliphatic heterocycles. The highest BCUT2D eigenvalue weighted by molar-refractivity contribution is 5.24. The van der Waals surface area contributed by atoms with E-state index < -0.39 is 0 Å². The normalized spacial score (nSPS) is 7.08. The van der Waals surface area contributed by atoms with Crippen molar-refractivity contribution in [3.8, 4) is 5.75 Å². The molecule has 0 saturated heterocycles. The second kappa shape index (κ2) is 10.0. The fourth-order valence-electron chi connectivity index (χ4n) is 0.545. The maximum atomic E-state index is 8.76. The van der Waals surface area contributed by atoms with E-state index in [1.54, 1.807) is 12.1 Å². The number of benzene rings is 1. The van der Waals surface area contributed by atoms with Gasteiger partial charge in [-0.2, -0.15) is 0 Å². The van der Waals surface area contributed by atoms with Gasteiger partial charge in [0.1, 0.15) is 5.75 Å². The summed E-state index contributed by atoms with van der Waals surface area (Å²) in [6.45, 7) is 9.99. The molecule has 70 valence electrons. The van der Waals surface area contributed by atoms with Crippen molar-refractivity contribution >= 4 is 0 Å². The number of phenols is 1. The SMILES string of the molecule is CC.CC.Cc1ccc(O)cc1. The van der Waals surface area contributed by atoms with Crippen molar-refractivity contribution in [2.45, 2.75) is 34.6 Å². The summed E-state index contributed by atoms with van der Waals surface area (Å²) in [6.07, 6.45) is 0. The van der Waals surface area contributed by atoms with Crippen molar-refractivity contribution in [1.82, 2.24) is 0 Å². The summed E-state index contributed by atoms with van der Waals surface area (Å²) in [4.78, 5) is 0. The molecule has 1 aromatic carbocycles. The van der Waals surface area contributed by atoms with Crippen molar-refractivity contribution in [3.05, 3.63) is 29.8 Å². The van der Waals surface area contributed by atoms with E-state index in [0.717, 1.165) is 0 Å². The van der Waals surface area contributed by atoms with Gasteiger partial charge in [0, 0.05) is 0 Å². The molecule has 1 N–H and O–H groups in total. The summed E-state index contributed by atoms with van der Waals surface area (Å²) in [6, 6.07) is 7.09. The Labute approximate surface area is 76.1 Å². The minimum absolute atomic E-state index is 0.329. The quantitative estimate of drug-likeness (QED) is 0.625. The zero-order chi connectivity index (χ0) is 9.98. The third-order valence-electron chi connectivity index (χ3n) is 1.03. The van der Waals surface area contributed by atoms with Crippen LogP contribution in [0.4, 0.5) is 0 Å². The Bertz CT molecular complexity index is 144. The molecule has 1 heteroatoms. The van der Waals surface area contributed by atoms with Crippen LogP contribution in [0, 0.1) is 6.92 Å². The first-order chi connectivity index (χ1) is 5.79. The van der Waals surface area contributed by atoms with Crippen LogP contribution >= 0.6 is 0 Å². The Morgan fingerprint density at radius 3 is 1.42 bits per heavy atom. The number of rotatable bonds is 0. The smallest absolute Gasteiger partial charge is 0.115 e. The van der Waals surface area contributed by atoms with Gasteiger partial charge < -0.3 is 5.11 Å². The fraction of sp³-hybridized carbons (Fsp3) is 0.455. The van der Waals surface area contributed by atoms with E-state index >= 15 is 0 Å². The van der Waals surface area contributed by atoms with Crippen LogP contribution in [0.3, 0.4) is 0 Å². The zero-order valence-electron chi connectivity index (χ0n) is 8.76. The van der Waals surface area contributed by atoms with Gasteiger partial charge in [-0.1, -0.05) is 45.4 Å². The van der Waals surface area contributed by atoms with Gasteiger partial charge in [-0.05, 0) is 19.1 Å². The topological polar surface area (TPSA) is 20.2 Å². The van der Waals surface area contributed by atoms with E-state index in [0.29, 0.717) is 5.75 Å². The standard InChI is InChI=1S/C7H8O.2C2H6/c1-6-2-4-7(8)5-3-6;2*1-2/h2-5,8H,1H3;2*1-2H3. The van der Waals surface area contributed by atoms with Crippen molar-refractivity contribution in [2.75, 3.05) is 0 Å². The van der Waals surface area contributed by atoms with E-state index in [4.69, 9.17) is 5.11 Å². The van der Waals surface area contributed by atoms with Crippen molar-refractivity contribution in [2.24, 2.45) is 0 Å². The van der Waals surface area contributed by atoms with Crippen LogP contribution < -0.4 is 0 Å². The van der Waals surface area contributed by atoms with Gasteiger partial charge in [0.25, 0.3) is 0 Å². The molecule has 12 heavy (non-hydrogen) atoms. The van der Waals surface area contributed by atoms with E-state index in [1.165, 1.54) is 5.56 Å². The third-order valence-corrected chi connectivity index (χ3v) is 1.03. The second-order valence-electron chi connectivity index (χ2n) is 1.84. The maximum Gasteiger partial charge on any atom is 0.115 e. The number of aromatic hydroxyl groups is 1. The molecule has 1 aromatic rings. The predicted molar refractivity (Wildman–Crippen MR) is 55.5 cm³/mol. The van der Waals surface area contributed by atoms with Crippen LogP contribution in [0.1, 0.15) is 33.3 Å². The van der Waals surface area contributed by atoms with Gasteiger partial charge in [-0.3, -0.25) is 0 Å². The molecule has 0 bridgehead atoms. The van der Waals surface area contributed by atoms with Crippen molar-refractivity contribution in [1.29, 1.82) is 0 Å². The summed E-state index contributed by atoms with van der Waals surface area (Å²) >= 11 is 0. The summed E-state index contributed by atoms with van der Waals surface area (Å²) in [7, 11) is 0. The van der Waals surface area contributed by atoms with Crippen molar-refractivity contribution < 1.29 is 5.11 Å². The van der Waals surface area contributed by atoms with Gasteiger partial charge in [0.2, 0.25) is 0 Å². The molecule has 0 unspecified atom stereocenters. The first kappa shape index (κ1) is 13.6. The largest absolute Gasteiger partial charge is 0.508 e. The van der Waals surface area contributed by atoms with E-state index in [-0.39, 0.29) is 0 Å². The molecule has 0 atom stereocenters. The number of phenolic OH excluding ortho intramolecular Hbond substituents is 1. The minimum Gasteiger partial charge on any atom is -0.508 e. The van der Waals surface area contributed by atoms with Crippen LogP contribution in [-0.2, 0) is 0 Å². The molecule has 0 radical (unpaired) electrons. The van der Waals surface area contributed by atoms with Crippen LogP contribution in [0.15, 0.2) is 24.3 Å². The lowest BCUT2D eigenvalue weighted by Gasteiger charge is -1.89. The van der Waals surface area contributed by atoms with E-state index in [1.807, 2.05) is 46.8 Å². The Kier molecular flexibility index (Phi) is 11.4. The summed E-state index contributed by atoms with van der Waals surface area (Å²) in [5, 5.41) is 8.76. The molecule has 0 spiro atoms. The van der Waals surface area contributed by atoms with Crippen molar-refractivity contribution in [3.63, 3.8) is 0 Å². The first-order valence-corrected chi connectivity index (χ1v) is 4.54. The predicted octanol–water partition coefficient (Wildman–Crippen LogP) is 3.75. The average Bonchev–Trinajstić information content (AvgIpc) is 2.17. The zero-order valence-corrected chi connectivity index (χ0v) is 8.76. The van der Waals surface area contributed by atoms with Crippen LogP contribution in [0.25, 0.3) is 0 Å². The van der Waals surface area contributed by atoms with Gasteiger partial charge in [-0.15, -0.1) is 0 Å². The molecular weight excluding hydrogens is 148 g/mol. The fourth-order valence-corrected chi connectivity index (χ4v) is 0.545. The average molecular weight is 168 g/mol. The monoisotopic (exact) mass is 168 g/mol. The van der Waals surface area contributed by atoms with Crippen LogP contribution in [0.2, 0.25) is 0 Å². The lowest BCUT2D eigenvalue weighted by atomic mass is 10.2. The van der Waals surface area contributed by atoms with E-state index in [9.17, 15) is 0 Å². The Hall–Kier alpha value is -0.980. The van der Waals surface area contributed by atoms with Gasteiger partial charge in [-0.25, -0.2) is 0 Å². The molecule has 0 aliphatic carbocycles. The highest BCUT2D eigenvalue weighted by Crippen LogP contribution is 2.07. The molecule has 0 heterocycles. The lowest BCUT2D eigenvalue weighted by molar-refractivity contribution is 0.475. The number of hydrogen-bond acceptors (Lipinski definition) is 1. The highest BCUT2D eigenvalue weighted by Gasteiger charge is 1.82. The Balaban J connectivity index is 0. The first-order valence-electron chi connectivity index (χ1n) is 4.54. The number of hydrogen-bond donors (Lipinski definition) is 1. The highest BCUT2D eigenvalue weighted by atomic mass is 16.3. The van der Waals surface area contributed by atoms with Gasteiger partial charge in [0.05, 0.1) is 0 Å². The maximum absolute atomic E-state index is 8.76. The number of aryl methyl sites for hydroxylation is 1. The molecule has 0 fully saturated rings. The summed E-state index contributed by atoms with van der Waals surface area (Å²) < 4.78 is 0. The molecule has 0 amide bonds. The molecule has 1 nitrogen and oxygen atoms in total. The minimum atomic E-state index is 0.329. The van der Waals surface area contributed by atoms with Gasteiger partial charge >= 0.3 is 0 Å². The molecule has 0 aliphatic rings. The Morgan fingerprint density at radius 1 is 0.833 bits per heavy atom. The molecular formula is C11H20O. The third kappa shape index (κ3) is 7.13. The Morgan fingerprint density at radius 2 is 1.17 bits per heavy atom. The van der Waals surface area contributed by atoms with Crippen LogP contribution in [0.5, 0.6) is 5.75 Å². The molecule has 0 saturated carbocycles.